The Bertz CT molecular complexity index is 706. The molecule has 0 saturated heterocycles. The number of likely N-dealkylation sites (N-methyl/N-ethyl adjacent to an activating group) is 1. The lowest BCUT2D eigenvalue weighted by molar-refractivity contribution is 0.627. The van der Waals surface area contributed by atoms with Crippen molar-refractivity contribution in [2.75, 3.05) is 6.54 Å². The van der Waals surface area contributed by atoms with Crippen molar-refractivity contribution in [3.63, 3.8) is 0 Å². The van der Waals surface area contributed by atoms with Crippen molar-refractivity contribution in [2.45, 2.75) is 13.0 Å². The van der Waals surface area contributed by atoms with Gasteiger partial charge >= 0.3 is 0 Å². The Morgan fingerprint density at radius 1 is 1.29 bits per heavy atom. The molecule has 4 heteroatoms. The molecule has 3 rings (SSSR count). The fourth-order valence-electron chi connectivity index (χ4n) is 2.35. The van der Waals surface area contributed by atoms with Gasteiger partial charge in [-0.25, -0.2) is 3.15 Å². The van der Waals surface area contributed by atoms with Gasteiger partial charge in [0.05, 0.1) is 11.7 Å². The van der Waals surface area contributed by atoms with Crippen LogP contribution in [0, 0.1) is 0 Å². The lowest BCUT2D eigenvalue weighted by Gasteiger charge is -2.24. The van der Waals surface area contributed by atoms with Crippen LogP contribution in [0.25, 0.3) is 0 Å². The molecular formula is C17H16I2N2. The van der Waals surface area contributed by atoms with Crippen molar-refractivity contribution >= 4 is 45.4 Å². The Labute approximate surface area is 145 Å². The third kappa shape index (κ3) is 3.56. The van der Waals surface area contributed by atoms with Gasteiger partial charge in [0.15, 0.2) is 0 Å². The fourth-order valence-corrected chi connectivity index (χ4v) is 5.42. The van der Waals surface area contributed by atoms with Crippen LogP contribution in [0.5, 0.6) is 0 Å². The molecule has 0 saturated carbocycles. The highest BCUT2D eigenvalue weighted by Gasteiger charge is 2.21. The minimum atomic E-state index is -0.242. The maximum Gasteiger partial charge on any atom is 0.0778 e. The SMILES string of the molecule is CCNC(C1=CI=NC2=C1C=C=IC=C2)c1ccccc1. The number of allylic oxidation sites excluding steroid dienone is 2. The molecule has 0 aromatic heterocycles. The number of hydrogen-bond acceptors (Lipinski definition) is 2. The van der Waals surface area contributed by atoms with Crippen LogP contribution >= 0.6 is 41.8 Å². The Kier molecular flexibility index (Phi) is 5.46. The van der Waals surface area contributed by atoms with Crippen molar-refractivity contribution in [2.24, 2.45) is 3.15 Å². The number of nitrogens with one attached hydrogen (secondary N) is 1. The summed E-state index contributed by atoms with van der Waals surface area (Å²) in [7, 11) is 0. The summed E-state index contributed by atoms with van der Waals surface area (Å²) in [6, 6.07) is 10.9. The van der Waals surface area contributed by atoms with E-state index in [1.54, 1.807) is 0 Å². The van der Waals surface area contributed by atoms with E-state index in [0.717, 1.165) is 12.2 Å². The molecule has 0 radical (unpaired) electrons. The van der Waals surface area contributed by atoms with Gasteiger partial charge in [0.1, 0.15) is 0 Å². The topological polar surface area (TPSA) is 24.4 Å². The smallest absolute Gasteiger partial charge is 0.0778 e. The molecular weight excluding hydrogens is 486 g/mol. The van der Waals surface area contributed by atoms with E-state index >= 15 is 0 Å². The van der Waals surface area contributed by atoms with E-state index in [0.29, 0.717) is 0 Å². The average molecular weight is 502 g/mol. The first-order valence-electron chi connectivity index (χ1n) is 6.84. The van der Waals surface area contributed by atoms with E-state index in [2.05, 4.69) is 66.6 Å². The molecule has 0 spiro atoms. The van der Waals surface area contributed by atoms with E-state index in [9.17, 15) is 0 Å². The second-order valence-electron chi connectivity index (χ2n) is 4.60. The minimum Gasteiger partial charge on any atom is -0.306 e. The molecule has 1 aromatic carbocycles. The van der Waals surface area contributed by atoms with Crippen molar-refractivity contribution < 1.29 is 0 Å². The van der Waals surface area contributed by atoms with Crippen LogP contribution in [0.3, 0.4) is 0 Å². The highest BCUT2D eigenvalue weighted by molar-refractivity contribution is 14.2. The van der Waals surface area contributed by atoms with Crippen LogP contribution in [0.4, 0.5) is 0 Å². The summed E-state index contributed by atoms with van der Waals surface area (Å²) in [6.07, 6.45) is 4.36. The normalized spacial score (nSPS) is 18.2. The first kappa shape index (κ1) is 15.2. The highest BCUT2D eigenvalue weighted by atomic mass is 127. The molecule has 0 fully saturated rings. The average Bonchev–Trinajstić information content (AvgIpc) is 2.79. The zero-order valence-electron chi connectivity index (χ0n) is 11.7. The van der Waals surface area contributed by atoms with Gasteiger partial charge in [-0.05, 0) is 58.7 Å². The summed E-state index contributed by atoms with van der Waals surface area (Å²) >= 11 is -0.320. The Hall–Kier alpha value is -0.690. The first-order valence-corrected chi connectivity index (χ1v) is 11.4. The standard InChI is InChI=1S/C17H16I2N2/c1-2-20-17(13-6-4-3-5-7-13)15-12-19-21-16-9-11-18-10-8-14(15)16/h3-9,11-12,17,20H,2H2,1H3. The number of benzene rings is 1. The fraction of sp³-hybridized carbons (Fsp3) is 0.176. The van der Waals surface area contributed by atoms with Gasteiger partial charge in [-0.1, -0.05) is 40.9 Å². The summed E-state index contributed by atoms with van der Waals surface area (Å²) in [4.78, 5) is 0. The van der Waals surface area contributed by atoms with Crippen molar-refractivity contribution in [1.82, 2.24) is 5.32 Å². The predicted octanol–water partition coefficient (Wildman–Crippen LogP) is 5.10. The molecule has 0 bridgehead atoms. The molecule has 1 atom stereocenters. The largest absolute Gasteiger partial charge is 0.306 e. The molecule has 1 unspecified atom stereocenters. The zero-order valence-corrected chi connectivity index (χ0v) is 16.0. The maximum absolute atomic E-state index is 4.74. The molecule has 108 valence electrons. The third-order valence-corrected chi connectivity index (χ3v) is 6.43. The molecule has 21 heavy (non-hydrogen) atoms. The van der Waals surface area contributed by atoms with Gasteiger partial charge in [-0.3, -0.25) is 0 Å². The van der Waals surface area contributed by atoms with Crippen LogP contribution in [0.2, 0.25) is 0 Å². The predicted molar refractivity (Wildman–Crippen MR) is 107 cm³/mol. The van der Waals surface area contributed by atoms with E-state index in [1.165, 1.54) is 16.7 Å². The lowest BCUT2D eigenvalue weighted by Crippen LogP contribution is -2.23. The molecule has 2 aliphatic rings. The van der Waals surface area contributed by atoms with Crippen LogP contribution in [0.15, 0.2) is 70.6 Å². The van der Waals surface area contributed by atoms with Crippen LogP contribution < -0.4 is 5.32 Å². The van der Waals surface area contributed by atoms with Crippen LogP contribution in [-0.2, 0) is 0 Å². The van der Waals surface area contributed by atoms with Crippen molar-refractivity contribution in [3.8, 4) is 0 Å². The number of rotatable bonds is 4. The third-order valence-electron chi connectivity index (χ3n) is 3.29. The zero-order chi connectivity index (χ0) is 14.5. The molecule has 0 amide bonds. The number of halogens is 2. The van der Waals surface area contributed by atoms with Crippen molar-refractivity contribution in [3.05, 3.63) is 73.1 Å². The van der Waals surface area contributed by atoms with Gasteiger partial charge in [0.25, 0.3) is 0 Å². The number of nitrogens with zero attached hydrogens (tertiary/aromatic N) is 1. The van der Waals surface area contributed by atoms with Gasteiger partial charge in [0.2, 0.25) is 0 Å². The van der Waals surface area contributed by atoms with Gasteiger partial charge in [-0.15, -0.1) is 0 Å². The van der Waals surface area contributed by atoms with Crippen LogP contribution in [0.1, 0.15) is 18.5 Å². The first-order chi connectivity index (χ1) is 10.4. The minimum absolute atomic E-state index is 0.0775. The van der Waals surface area contributed by atoms with Crippen LogP contribution in [-0.4, -0.2) is 10.2 Å². The number of hydrogen-bond donors (Lipinski definition) is 1. The van der Waals surface area contributed by atoms with E-state index in [-0.39, 0.29) is 47.8 Å². The van der Waals surface area contributed by atoms with E-state index in [4.69, 9.17) is 3.15 Å². The maximum atomic E-state index is 4.74. The van der Waals surface area contributed by atoms with E-state index in [1.807, 2.05) is 0 Å². The summed E-state index contributed by atoms with van der Waals surface area (Å²) in [5.74, 6) is 0. The molecule has 1 N–H and O–H groups in total. The second-order valence-corrected chi connectivity index (χ2v) is 8.23. The Morgan fingerprint density at radius 2 is 2.14 bits per heavy atom. The molecule has 2 heterocycles. The lowest BCUT2D eigenvalue weighted by atomic mass is 9.92. The van der Waals surface area contributed by atoms with Gasteiger partial charge in [-0.2, -0.15) is 0 Å². The Balaban J connectivity index is 2.06. The van der Waals surface area contributed by atoms with Crippen molar-refractivity contribution in [1.29, 1.82) is 0 Å². The molecule has 2 aliphatic heterocycles. The summed E-state index contributed by atoms with van der Waals surface area (Å²) in [5.41, 5.74) is 5.11. The summed E-state index contributed by atoms with van der Waals surface area (Å²) in [6.45, 7) is 3.11. The van der Waals surface area contributed by atoms with Gasteiger partial charge in [0, 0.05) is 26.6 Å². The second kappa shape index (κ2) is 7.54. The summed E-state index contributed by atoms with van der Waals surface area (Å²) < 4.78 is 12.8. The van der Waals surface area contributed by atoms with E-state index < -0.39 is 0 Å². The van der Waals surface area contributed by atoms with Gasteiger partial charge < -0.3 is 5.32 Å². The molecule has 0 aliphatic carbocycles. The highest BCUT2D eigenvalue weighted by Crippen LogP contribution is 2.37. The quantitative estimate of drug-likeness (QED) is 0.570. The Morgan fingerprint density at radius 3 is 2.95 bits per heavy atom. The molecule has 1 aromatic rings. The summed E-state index contributed by atoms with van der Waals surface area (Å²) in [5, 5.41) is 3.63. The molecule has 2 nitrogen and oxygen atoms in total. The monoisotopic (exact) mass is 502 g/mol.